The number of amides is 1. The first-order chi connectivity index (χ1) is 13.2. The molecule has 1 saturated heterocycles. The number of benzene rings is 1. The van der Waals surface area contributed by atoms with Crippen LogP contribution in [0.1, 0.15) is 35.8 Å². The molecule has 140 valence electrons. The van der Waals surface area contributed by atoms with Crippen LogP contribution in [0.25, 0.3) is 11.5 Å². The third-order valence-electron chi connectivity index (χ3n) is 4.71. The van der Waals surface area contributed by atoms with E-state index in [1.54, 1.807) is 12.3 Å². The Balaban J connectivity index is 1.59. The molecule has 0 aliphatic carbocycles. The van der Waals surface area contributed by atoms with E-state index >= 15 is 0 Å². The van der Waals surface area contributed by atoms with E-state index < -0.39 is 5.25 Å². The van der Waals surface area contributed by atoms with Gasteiger partial charge >= 0.3 is 0 Å². The molecule has 0 N–H and O–H groups in total. The standard InChI is InChI=1S/C20H21N3O3S/c1-14-16(10-13-25-14)18-21-22-20(26-18)27-17(15-8-4-2-5-9-15)19(24)23-11-6-3-7-12-23/h2,4-5,8-10,13,17H,3,6-7,11-12H2,1H3/t17-/m0/s1. The lowest BCUT2D eigenvalue weighted by Gasteiger charge is -2.29. The number of nitrogens with zero attached hydrogens (tertiary/aromatic N) is 3. The number of carbonyl (C=O) groups excluding carboxylic acids is 1. The van der Waals surface area contributed by atoms with E-state index in [-0.39, 0.29) is 5.91 Å². The summed E-state index contributed by atoms with van der Waals surface area (Å²) >= 11 is 1.31. The van der Waals surface area contributed by atoms with E-state index in [2.05, 4.69) is 10.2 Å². The fourth-order valence-electron chi connectivity index (χ4n) is 3.24. The molecule has 1 fully saturated rings. The van der Waals surface area contributed by atoms with Crippen molar-refractivity contribution in [2.75, 3.05) is 13.1 Å². The molecule has 1 aliphatic heterocycles. The van der Waals surface area contributed by atoms with E-state index in [9.17, 15) is 4.79 Å². The van der Waals surface area contributed by atoms with E-state index in [1.807, 2.05) is 42.2 Å². The van der Waals surface area contributed by atoms with Gasteiger partial charge in [-0.2, -0.15) is 0 Å². The van der Waals surface area contributed by atoms with Crippen LogP contribution >= 0.6 is 11.8 Å². The summed E-state index contributed by atoms with van der Waals surface area (Å²) in [7, 11) is 0. The Bertz CT molecular complexity index is 900. The average Bonchev–Trinajstić information content (AvgIpc) is 3.35. The minimum Gasteiger partial charge on any atom is -0.469 e. The maximum Gasteiger partial charge on any atom is 0.277 e. The average molecular weight is 383 g/mol. The molecule has 1 aromatic carbocycles. The second-order valence-corrected chi connectivity index (χ2v) is 7.61. The zero-order valence-electron chi connectivity index (χ0n) is 15.1. The van der Waals surface area contributed by atoms with Gasteiger partial charge in [0.25, 0.3) is 11.1 Å². The van der Waals surface area contributed by atoms with Crippen molar-refractivity contribution in [3.63, 3.8) is 0 Å². The zero-order valence-corrected chi connectivity index (χ0v) is 15.9. The van der Waals surface area contributed by atoms with Crippen LogP contribution in [0, 0.1) is 6.92 Å². The summed E-state index contributed by atoms with van der Waals surface area (Å²) in [4.78, 5) is 15.1. The molecular formula is C20H21N3O3S. The number of aryl methyl sites for hydroxylation is 1. The molecule has 7 heteroatoms. The fourth-order valence-corrected chi connectivity index (χ4v) is 4.20. The highest BCUT2D eigenvalue weighted by molar-refractivity contribution is 8.00. The number of thioether (sulfide) groups is 1. The smallest absolute Gasteiger partial charge is 0.277 e. The first-order valence-electron chi connectivity index (χ1n) is 9.11. The number of piperidine rings is 1. The van der Waals surface area contributed by atoms with Crippen molar-refractivity contribution in [3.8, 4) is 11.5 Å². The molecule has 0 saturated carbocycles. The molecule has 0 radical (unpaired) electrons. The third-order valence-corrected chi connectivity index (χ3v) is 5.78. The van der Waals surface area contributed by atoms with Gasteiger partial charge in [0, 0.05) is 13.1 Å². The van der Waals surface area contributed by atoms with Crippen LogP contribution in [0.4, 0.5) is 0 Å². The van der Waals surface area contributed by atoms with E-state index in [1.165, 1.54) is 18.2 Å². The Hall–Kier alpha value is -2.54. The van der Waals surface area contributed by atoms with Gasteiger partial charge in [0.1, 0.15) is 11.0 Å². The summed E-state index contributed by atoms with van der Waals surface area (Å²) in [6.07, 6.45) is 4.89. The van der Waals surface area contributed by atoms with Gasteiger partial charge in [-0.15, -0.1) is 10.2 Å². The lowest BCUT2D eigenvalue weighted by Crippen LogP contribution is -2.38. The summed E-state index contributed by atoms with van der Waals surface area (Å²) in [5, 5.41) is 8.24. The SMILES string of the molecule is Cc1occc1-c1nnc(S[C@H](C(=O)N2CCCCC2)c2ccccc2)o1. The Morgan fingerprint density at radius 1 is 1.11 bits per heavy atom. The highest BCUT2D eigenvalue weighted by Crippen LogP contribution is 2.38. The van der Waals surface area contributed by atoms with Crippen LogP contribution in [-0.4, -0.2) is 34.1 Å². The number of rotatable bonds is 5. The first kappa shape index (κ1) is 17.9. The summed E-state index contributed by atoms with van der Waals surface area (Å²) in [5.74, 6) is 1.23. The van der Waals surface area contributed by atoms with Gasteiger partial charge in [-0.3, -0.25) is 4.79 Å². The molecular weight excluding hydrogens is 362 g/mol. The van der Waals surface area contributed by atoms with Crippen LogP contribution in [-0.2, 0) is 4.79 Å². The van der Waals surface area contributed by atoms with E-state index in [0.717, 1.165) is 42.8 Å². The van der Waals surface area contributed by atoms with Gasteiger partial charge in [-0.1, -0.05) is 30.3 Å². The van der Waals surface area contributed by atoms with Gasteiger partial charge in [-0.05, 0) is 49.6 Å². The van der Waals surface area contributed by atoms with Gasteiger partial charge in [0.2, 0.25) is 5.91 Å². The second kappa shape index (κ2) is 8.00. The van der Waals surface area contributed by atoms with Crippen molar-refractivity contribution >= 4 is 17.7 Å². The number of hydrogen-bond acceptors (Lipinski definition) is 6. The van der Waals surface area contributed by atoms with Gasteiger partial charge < -0.3 is 13.7 Å². The predicted molar refractivity (Wildman–Crippen MR) is 102 cm³/mol. The van der Waals surface area contributed by atoms with Crippen molar-refractivity contribution in [1.29, 1.82) is 0 Å². The number of furan rings is 1. The van der Waals surface area contributed by atoms with Crippen LogP contribution in [0.5, 0.6) is 0 Å². The lowest BCUT2D eigenvalue weighted by atomic mass is 10.1. The topological polar surface area (TPSA) is 72.4 Å². The molecule has 1 amide bonds. The van der Waals surface area contributed by atoms with Gasteiger partial charge in [-0.25, -0.2) is 0 Å². The quantitative estimate of drug-likeness (QED) is 0.605. The molecule has 3 aromatic rings. The van der Waals surface area contributed by atoms with Crippen LogP contribution in [0.15, 0.2) is 56.7 Å². The highest BCUT2D eigenvalue weighted by atomic mass is 32.2. The van der Waals surface area contributed by atoms with Crippen molar-refractivity contribution in [3.05, 3.63) is 54.0 Å². The number of carbonyl (C=O) groups is 1. The van der Waals surface area contributed by atoms with Gasteiger partial charge in [0.15, 0.2) is 0 Å². The highest BCUT2D eigenvalue weighted by Gasteiger charge is 2.30. The normalized spacial score (nSPS) is 15.7. The van der Waals surface area contributed by atoms with Crippen LogP contribution in [0.3, 0.4) is 0 Å². The van der Waals surface area contributed by atoms with Crippen molar-refractivity contribution in [1.82, 2.24) is 15.1 Å². The summed E-state index contributed by atoms with van der Waals surface area (Å²) in [5.41, 5.74) is 1.71. The monoisotopic (exact) mass is 383 g/mol. The largest absolute Gasteiger partial charge is 0.469 e. The molecule has 1 atom stereocenters. The Morgan fingerprint density at radius 3 is 2.59 bits per heavy atom. The van der Waals surface area contributed by atoms with E-state index in [0.29, 0.717) is 11.1 Å². The number of likely N-dealkylation sites (tertiary alicyclic amines) is 1. The summed E-state index contributed by atoms with van der Waals surface area (Å²) in [6, 6.07) is 11.6. The maximum absolute atomic E-state index is 13.2. The zero-order chi connectivity index (χ0) is 18.6. The molecule has 27 heavy (non-hydrogen) atoms. The predicted octanol–water partition coefficient (Wildman–Crippen LogP) is 4.48. The minimum atomic E-state index is -0.400. The van der Waals surface area contributed by atoms with E-state index in [4.69, 9.17) is 8.83 Å². The number of aromatic nitrogens is 2. The van der Waals surface area contributed by atoms with Crippen molar-refractivity contribution < 1.29 is 13.6 Å². The van der Waals surface area contributed by atoms with Crippen LogP contribution < -0.4 is 0 Å². The van der Waals surface area contributed by atoms with Crippen molar-refractivity contribution in [2.24, 2.45) is 0 Å². The first-order valence-corrected chi connectivity index (χ1v) is 9.98. The Kier molecular flexibility index (Phi) is 5.29. The molecule has 3 heterocycles. The maximum atomic E-state index is 13.2. The molecule has 2 aromatic heterocycles. The lowest BCUT2D eigenvalue weighted by molar-refractivity contribution is -0.131. The molecule has 0 spiro atoms. The Labute approximate surface area is 162 Å². The number of hydrogen-bond donors (Lipinski definition) is 0. The third kappa shape index (κ3) is 3.93. The second-order valence-electron chi connectivity index (χ2n) is 6.56. The summed E-state index contributed by atoms with van der Waals surface area (Å²) < 4.78 is 11.1. The van der Waals surface area contributed by atoms with Crippen LogP contribution in [0.2, 0.25) is 0 Å². The molecule has 0 unspecified atom stereocenters. The van der Waals surface area contributed by atoms with Crippen molar-refractivity contribution in [2.45, 2.75) is 36.7 Å². The molecule has 6 nitrogen and oxygen atoms in total. The Morgan fingerprint density at radius 2 is 1.89 bits per heavy atom. The minimum absolute atomic E-state index is 0.102. The molecule has 1 aliphatic rings. The van der Waals surface area contributed by atoms with Gasteiger partial charge in [0.05, 0.1) is 11.8 Å². The summed E-state index contributed by atoms with van der Waals surface area (Å²) in [6.45, 7) is 3.47. The fraction of sp³-hybridized carbons (Fsp3) is 0.350. The molecule has 4 rings (SSSR count). The molecule has 0 bridgehead atoms.